The van der Waals surface area contributed by atoms with Crippen LogP contribution in [0.25, 0.3) is 0 Å². The molecule has 0 amide bonds. The van der Waals surface area contributed by atoms with Crippen LogP contribution in [0.2, 0.25) is 0 Å². The first kappa shape index (κ1) is 36.7. The van der Waals surface area contributed by atoms with E-state index in [9.17, 15) is 9.59 Å². The number of pyridine rings is 1. The van der Waals surface area contributed by atoms with Crippen LogP contribution >= 0.6 is 0 Å². The fourth-order valence-corrected chi connectivity index (χ4v) is 4.48. The van der Waals surface area contributed by atoms with Crippen LogP contribution in [0.5, 0.6) is 0 Å². The molecule has 0 radical (unpaired) electrons. The van der Waals surface area contributed by atoms with E-state index in [0.717, 1.165) is 17.4 Å². The predicted molar refractivity (Wildman–Crippen MR) is 195 cm³/mol. The van der Waals surface area contributed by atoms with Gasteiger partial charge in [-0.1, -0.05) is 79.4 Å². The van der Waals surface area contributed by atoms with Crippen molar-refractivity contribution in [1.82, 2.24) is 14.8 Å². The van der Waals surface area contributed by atoms with E-state index < -0.39 is 0 Å². The van der Waals surface area contributed by atoms with Crippen molar-refractivity contribution in [1.29, 1.82) is 0 Å². The third-order valence-corrected chi connectivity index (χ3v) is 6.87. The summed E-state index contributed by atoms with van der Waals surface area (Å²) in [5, 5.41) is 7.96. The number of hydrazone groups is 2. The van der Waals surface area contributed by atoms with Crippen LogP contribution in [0.15, 0.2) is 128 Å². The molecule has 0 atom stereocenters. The van der Waals surface area contributed by atoms with E-state index in [-0.39, 0.29) is 5.70 Å². The zero-order valence-electron chi connectivity index (χ0n) is 27.0. The number of rotatable bonds is 21. The fraction of sp³-hybridized carbons (Fsp3) is 0.222. The van der Waals surface area contributed by atoms with Crippen molar-refractivity contribution >= 4 is 42.6 Å². The van der Waals surface area contributed by atoms with Gasteiger partial charge < -0.3 is 11.7 Å². The largest absolute Gasteiger partial charge is 0.323 e. The minimum Gasteiger partial charge on any atom is -0.323 e. The van der Waals surface area contributed by atoms with Crippen molar-refractivity contribution in [2.75, 3.05) is 32.7 Å². The third kappa shape index (κ3) is 14.1. The summed E-state index contributed by atoms with van der Waals surface area (Å²) in [6.07, 6.45) is 9.43. The van der Waals surface area contributed by atoms with Gasteiger partial charge >= 0.3 is 0 Å². The molecule has 0 aliphatic rings. The topological polar surface area (TPSA) is 167 Å². The molecule has 12 heteroatoms. The number of carbonyl (C=O) groups excluding carboxylic acids is 2. The molecule has 248 valence electrons. The Morgan fingerprint density at radius 1 is 0.771 bits per heavy atom. The van der Waals surface area contributed by atoms with Crippen LogP contribution in [-0.4, -0.2) is 90.1 Å². The zero-order valence-corrected chi connectivity index (χ0v) is 27.0. The molecule has 0 saturated heterocycles. The second-order valence-corrected chi connectivity index (χ2v) is 10.5. The molecular weight excluding hydrogens is 604 g/mol. The highest BCUT2D eigenvalue weighted by Gasteiger charge is 2.14. The maximum atomic E-state index is 11.4. The maximum Gasteiger partial charge on any atom is 0.168 e. The molecule has 0 unspecified atom stereocenters. The number of nitrogens with zero attached hydrogens (tertiary/aromatic N) is 8. The smallest absolute Gasteiger partial charge is 0.168 e. The first-order valence-electron chi connectivity index (χ1n) is 15.3. The van der Waals surface area contributed by atoms with Crippen LogP contribution in [0.3, 0.4) is 0 Å². The molecule has 48 heavy (non-hydrogen) atoms. The first-order chi connectivity index (χ1) is 23.6. The Morgan fingerprint density at radius 3 is 1.90 bits per heavy atom. The predicted octanol–water partition coefficient (Wildman–Crippen LogP) is 3.51. The van der Waals surface area contributed by atoms with Crippen LogP contribution in [0, 0.1) is 0 Å². The number of aliphatic imine (C=N–C) groups is 3. The van der Waals surface area contributed by atoms with Gasteiger partial charge in [0.05, 0.1) is 30.2 Å². The summed E-state index contributed by atoms with van der Waals surface area (Å²) in [5.74, 6) is 11.6. The standard InChI is InChI=1S/C36H42N10O2/c1-2-10-33(28-47)41-17-18-45(26-35(43-37)23-39-21-30-11-5-3-6-12-30)19-20-46(25-32-15-9-16-34(29-48)42-32)27-36(44-38)24-40-22-31-13-7-4-8-14-31/h2-17,23-24,28-29H,1,18-22,25-27,37-38H2/b33-10-,39-23?,40-24?,41-17?,43-35+,44-36+. The number of aldehydes is 2. The second kappa shape index (κ2) is 21.9. The molecule has 3 aromatic rings. The number of carbonyl (C=O) groups is 2. The van der Waals surface area contributed by atoms with Gasteiger partial charge in [-0.3, -0.25) is 34.4 Å². The van der Waals surface area contributed by atoms with E-state index in [0.29, 0.717) is 81.5 Å². The lowest BCUT2D eigenvalue weighted by Gasteiger charge is -2.26. The van der Waals surface area contributed by atoms with Crippen molar-refractivity contribution in [3.05, 3.63) is 126 Å². The molecule has 4 N–H and O–H groups in total. The van der Waals surface area contributed by atoms with E-state index >= 15 is 0 Å². The van der Waals surface area contributed by atoms with Gasteiger partial charge in [-0.25, -0.2) is 4.98 Å². The number of aromatic nitrogens is 1. The summed E-state index contributed by atoms with van der Waals surface area (Å²) in [5.41, 5.74) is 4.60. The van der Waals surface area contributed by atoms with Crippen molar-refractivity contribution < 1.29 is 9.59 Å². The number of allylic oxidation sites excluding steroid dienone is 3. The van der Waals surface area contributed by atoms with Crippen LogP contribution in [0.4, 0.5) is 0 Å². The zero-order chi connectivity index (χ0) is 34.2. The van der Waals surface area contributed by atoms with Gasteiger partial charge in [0.1, 0.15) is 11.4 Å². The second-order valence-electron chi connectivity index (χ2n) is 10.5. The lowest BCUT2D eigenvalue weighted by atomic mass is 10.2. The Kier molecular flexibility index (Phi) is 16.8. The Bertz CT molecular complexity index is 1620. The highest BCUT2D eigenvalue weighted by Crippen LogP contribution is 2.06. The number of nitrogens with two attached hydrogens (primary N) is 2. The summed E-state index contributed by atoms with van der Waals surface area (Å²) in [6.45, 7) is 7.23. The van der Waals surface area contributed by atoms with Gasteiger partial charge in [-0.2, -0.15) is 10.2 Å². The van der Waals surface area contributed by atoms with Crippen LogP contribution < -0.4 is 11.7 Å². The highest BCUT2D eigenvalue weighted by molar-refractivity contribution is 6.32. The molecule has 0 aliphatic carbocycles. The number of hydrogen-bond donors (Lipinski definition) is 2. The van der Waals surface area contributed by atoms with Crippen molar-refractivity contribution in [2.45, 2.75) is 19.6 Å². The van der Waals surface area contributed by atoms with Crippen molar-refractivity contribution in [3.63, 3.8) is 0 Å². The summed E-state index contributed by atoms with van der Waals surface area (Å²) in [4.78, 5) is 44.8. The SMILES string of the molecule is C=C/C=C(/C=O)N=CCN(CCN(C/C(C=NCc1ccccc1)=N/N)Cc1cccc(C=O)n1)C/C(C=NCc1ccccc1)=N/N. The molecule has 0 bridgehead atoms. The lowest BCUT2D eigenvalue weighted by Crippen LogP contribution is -2.41. The minimum atomic E-state index is 0.253. The van der Waals surface area contributed by atoms with Gasteiger partial charge in [-0.05, 0) is 29.3 Å². The summed E-state index contributed by atoms with van der Waals surface area (Å²) in [7, 11) is 0. The van der Waals surface area contributed by atoms with E-state index in [4.69, 9.17) is 11.7 Å². The molecule has 12 nitrogen and oxygen atoms in total. The van der Waals surface area contributed by atoms with E-state index in [1.54, 1.807) is 30.8 Å². The average molecular weight is 647 g/mol. The fourth-order valence-electron chi connectivity index (χ4n) is 4.48. The van der Waals surface area contributed by atoms with E-state index in [1.807, 2.05) is 66.7 Å². The molecule has 1 aromatic heterocycles. The molecule has 0 aliphatic heterocycles. The van der Waals surface area contributed by atoms with E-state index in [2.05, 4.69) is 46.5 Å². The summed E-state index contributed by atoms with van der Waals surface area (Å²) >= 11 is 0. The molecule has 0 saturated carbocycles. The Morgan fingerprint density at radius 2 is 1.35 bits per heavy atom. The van der Waals surface area contributed by atoms with Gasteiger partial charge in [-0.15, -0.1) is 0 Å². The van der Waals surface area contributed by atoms with Crippen LogP contribution in [-0.2, 0) is 24.4 Å². The summed E-state index contributed by atoms with van der Waals surface area (Å²) in [6, 6.07) is 25.1. The van der Waals surface area contributed by atoms with Gasteiger partial charge in [0.15, 0.2) is 12.6 Å². The lowest BCUT2D eigenvalue weighted by molar-refractivity contribution is -0.104. The van der Waals surface area contributed by atoms with Crippen molar-refractivity contribution in [2.24, 2.45) is 36.9 Å². The Labute approximate surface area is 281 Å². The molecular formula is C36H42N10O2. The molecule has 3 rings (SSSR count). The van der Waals surface area contributed by atoms with Crippen LogP contribution in [0.1, 0.15) is 27.3 Å². The molecule has 0 spiro atoms. The maximum absolute atomic E-state index is 11.4. The number of benzene rings is 2. The number of hydrogen-bond acceptors (Lipinski definition) is 12. The van der Waals surface area contributed by atoms with Gasteiger partial charge in [0.25, 0.3) is 0 Å². The monoisotopic (exact) mass is 646 g/mol. The van der Waals surface area contributed by atoms with Gasteiger partial charge in [0.2, 0.25) is 0 Å². The highest BCUT2D eigenvalue weighted by atomic mass is 16.1. The Balaban J connectivity index is 1.79. The van der Waals surface area contributed by atoms with Crippen molar-refractivity contribution in [3.8, 4) is 0 Å². The normalized spacial score (nSPS) is 12.9. The quantitative estimate of drug-likeness (QED) is 0.0446. The molecule has 1 heterocycles. The minimum absolute atomic E-state index is 0.253. The molecule has 2 aromatic carbocycles. The molecule has 0 fully saturated rings. The summed E-state index contributed by atoms with van der Waals surface area (Å²) < 4.78 is 0. The first-order valence-corrected chi connectivity index (χ1v) is 15.3. The average Bonchev–Trinajstić information content (AvgIpc) is 3.13. The third-order valence-electron chi connectivity index (χ3n) is 6.87. The van der Waals surface area contributed by atoms with E-state index in [1.165, 1.54) is 12.2 Å². The van der Waals surface area contributed by atoms with Gasteiger partial charge in [0, 0.05) is 57.9 Å². The Hall–Kier alpha value is -5.72.